The molecule has 1 aliphatic rings. The molecule has 1 saturated heterocycles. The highest BCUT2D eigenvalue weighted by Crippen LogP contribution is 2.25. The van der Waals surface area contributed by atoms with E-state index in [1.54, 1.807) is 41.0 Å². The Morgan fingerprint density at radius 2 is 1.89 bits per heavy atom. The number of hydrogen-bond acceptors (Lipinski definition) is 6. The normalized spacial score (nSPS) is 16.9. The van der Waals surface area contributed by atoms with Crippen LogP contribution < -0.4 is 10.6 Å². The number of aromatic nitrogens is 3. The minimum atomic E-state index is -3.06. The van der Waals surface area contributed by atoms with Crippen molar-refractivity contribution < 1.29 is 13.2 Å². The molecule has 4 aromatic rings. The summed E-state index contributed by atoms with van der Waals surface area (Å²) in [6.07, 6.45) is 2.11. The van der Waals surface area contributed by atoms with Crippen molar-refractivity contribution in [2.45, 2.75) is 19.0 Å². The molecule has 0 bridgehead atoms. The molecule has 0 saturated carbocycles. The Morgan fingerprint density at radius 1 is 1.09 bits per heavy atom. The fourth-order valence-electron chi connectivity index (χ4n) is 4.01. The zero-order valence-electron chi connectivity index (χ0n) is 18.4. The van der Waals surface area contributed by atoms with Crippen LogP contribution in [0.1, 0.15) is 22.3 Å². The Labute approximate surface area is 212 Å². The van der Waals surface area contributed by atoms with Gasteiger partial charge in [-0.2, -0.15) is 9.61 Å². The molecular formula is C24H21Cl2N5O3S. The first-order valence-corrected chi connectivity index (χ1v) is 13.5. The number of halogens is 2. The predicted molar refractivity (Wildman–Crippen MR) is 137 cm³/mol. The van der Waals surface area contributed by atoms with Gasteiger partial charge in [-0.05, 0) is 36.2 Å². The Bertz CT molecular complexity index is 1520. The number of anilines is 1. The van der Waals surface area contributed by atoms with E-state index < -0.39 is 9.84 Å². The van der Waals surface area contributed by atoms with E-state index in [4.69, 9.17) is 23.2 Å². The number of rotatable bonds is 6. The number of nitrogens with zero attached hydrogens (tertiary/aromatic N) is 3. The van der Waals surface area contributed by atoms with Crippen molar-refractivity contribution in [3.8, 4) is 11.3 Å². The molecule has 8 nitrogen and oxygen atoms in total. The summed E-state index contributed by atoms with van der Waals surface area (Å²) in [6, 6.07) is 15.7. The SMILES string of the molecule is O=C(NC1CCS(=O)(=O)C1)c1ccc(-c2cc(NCc3ccc(Cl)cc3Cl)n3nccc3n2)cc1. The second-order valence-corrected chi connectivity index (χ2v) is 11.4. The van der Waals surface area contributed by atoms with Gasteiger partial charge in [0, 0.05) is 45.9 Å². The van der Waals surface area contributed by atoms with E-state index in [9.17, 15) is 13.2 Å². The van der Waals surface area contributed by atoms with E-state index in [1.807, 2.05) is 24.3 Å². The minimum Gasteiger partial charge on any atom is -0.366 e. The molecular weight excluding hydrogens is 509 g/mol. The van der Waals surface area contributed by atoms with Gasteiger partial charge in [0.2, 0.25) is 0 Å². The van der Waals surface area contributed by atoms with E-state index in [0.29, 0.717) is 39.9 Å². The monoisotopic (exact) mass is 529 g/mol. The summed E-state index contributed by atoms with van der Waals surface area (Å²) < 4.78 is 25.0. The summed E-state index contributed by atoms with van der Waals surface area (Å²) in [4.78, 5) is 17.2. The first kappa shape index (κ1) is 23.6. The van der Waals surface area contributed by atoms with Gasteiger partial charge in [-0.1, -0.05) is 41.4 Å². The molecule has 1 atom stereocenters. The van der Waals surface area contributed by atoms with Crippen molar-refractivity contribution in [3.63, 3.8) is 0 Å². The maximum atomic E-state index is 12.6. The van der Waals surface area contributed by atoms with Crippen molar-refractivity contribution in [2.24, 2.45) is 0 Å². The summed E-state index contributed by atoms with van der Waals surface area (Å²) in [6.45, 7) is 0.463. The van der Waals surface area contributed by atoms with Gasteiger partial charge in [0.05, 0.1) is 23.4 Å². The second-order valence-electron chi connectivity index (χ2n) is 8.37. The van der Waals surface area contributed by atoms with E-state index in [-0.39, 0.29) is 23.5 Å². The number of sulfone groups is 1. The highest BCUT2D eigenvalue weighted by atomic mass is 35.5. The first-order chi connectivity index (χ1) is 16.8. The molecule has 5 rings (SSSR count). The highest BCUT2D eigenvalue weighted by Gasteiger charge is 2.29. The fraction of sp³-hybridized carbons (Fsp3) is 0.208. The number of carbonyl (C=O) groups excluding carboxylic acids is 1. The van der Waals surface area contributed by atoms with Crippen LogP contribution in [0.2, 0.25) is 10.0 Å². The summed E-state index contributed by atoms with van der Waals surface area (Å²) in [5.41, 5.74) is 3.54. The minimum absolute atomic E-state index is 0.0108. The van der Waals surface area contributed by atoms with Crippen LogP contribution in [0.3, 0.4) is 0 Å². The Kier molecular flexibility index (Phi) is 6.39. The maximum Gasteiger partial charge on any atom is 0.251 e. The molecule has 1 fully saturated rings. The van der Waals surface area contributed by atoms with Crippen LogP contribution in [-0.4, -0.2) is 46.5 Å². The lowest BCUT2D eigenvalue weighted by Crippen LogP contribution is -2.35. The number of benzene rings is 2. The molecule has 0 radical (unpaired) electrons. The van der Waals surface area contributed by atoms with Gasteiger partial charge in [-0.3, -0.25) is 4.79 Å². The number of carbonyl (C=O) groups is 1. The molecule has 3 heterocycles. The van der Waals surface area contributed by atoms with Gasteiger partial charge in [0.25, 0.3) is 5.91 Å². The van der Waals surface area contributed by atoms with Gasteiger partial charge in [-0.15, -0.1) is 0 Å². The summed E-state index contributed by atoms with van der Waals surface area (Å²) in [7, 11) is -3.06. The van der Waals surface area contributed by atoms with Gasteiger partial charge >= 0.3 is 0 Å². The molecule has 1 aliphatic heterocycles. The Balaban J connectivity index is 1.35. The highest BCUT2D eigenvalue weighted by molar-refractivity contribution is 7.91. The lowest BCUT2D eigenvalue weighted by atomic mass is 10.1. The van der Waals surface area contributed by atoms with Gasteiger partial charge in [0.1, 0.15) is 5.82 Å². The Hall–Kier alpha value is -3.14. The maximum absolute atomic E-state index is 12.6. The largest absolute Gasteiger partial charge is 0.366 e. The quantitative estimate of drug-likeness (QED) is 0.387. The number of amides is 1. The van der Waals surface area contributed by atoms with Crippen LogP contribution in [-0.2, 0) is 16.4 Å². The van der Waals surface area contributed by atoms with Crippen LogP contribution in [0.15, 0.2) is 60.8 Å². The third-order valence-electron chi connectivity index (χ3n) is 5.84. The van der Waals surface area contributed by atoms with Gasteiger partial charge in [-0.25, -0.2) is 13.4 Å². The average Bonchev–Trinajstić information content (AvgIpc) is 3.44. The van der Waals surface area contributed by atoms with Gasteiger partial charge in [0.15, 0.2) is 15.5 Å². The standard InChI is InChI=1S/C24H21Cl2N5O3S/c25-18-6-5-17(20(26)11-18)13-27-23-12-21(30-22-7-9-28-31(22)23)15-1-3-16(4-2-15)24(32)29-19-8-10-35(33,34)14-19/h1-7,9,11-12,19,27H,8,10,13-14H2,(H,29,32). The van der Waals surface area contributed by atoms with Crippen molar-refractivity contribution in [2.75, 3.05) is 16.8 Å². The lowest BCUT2D eigenvalue weighted by molar-refractivity contribution is 0.0941. The average molecular weight is 530 g/mol. The van der Waals surface area contributed by atoms with E-state index in [2.05, 4.69) is 20.7 Å². The number of fused-ring (bicyclic) bond motifs is 1. The summed E-state index contributed by atoms with van der Waals surface area (Å²) in [5, 5.41) is 11.6. The topological polar surface area (TPSA) is 105 Å². The van der Waals surface area contributed by atoms with Crippen molar-refractivity contribution >= 4 is 50.4 Å². The predicted octanol–water partition coefficient (Wildman–Crippen LogP) is 4.23. The van der Waals surface area contributed by atoms with Crippen molar-refractivity contribution in [1.29, 1.82) is 0 Å². The molecule has 2 aromatic heterocycles. The molecule has 2 aromatic carbocycles. The van der Waals surface area contributed by atoms with E-state index in [0.717, 1.165) is 16.9 Å². The van der Waals surface area contributed by atoms with E-state index >= 15 is 0 Å². The van der Waals surface area contributed by atoms with Crippen LogP contribution >= 0.6 is 23.2 Å². The fourth-order valence-corrected chi connectivity index (χ4v) is 6.16. The molecule has 0 aliphatic carbocycles. The summed E-state index contributed by atoms with van der Waals surface area (Å²) in [5.74, 6) is 0.536. The summed E-state index contributed by atoms with van der Waals surface area (Å²) >= 11 is 12.3. The zero-order chi connectivity index (χ0) is 24.6. The van der Waals surface area contributed by atoms with Crippen LogP contribution in [0.25, 0.3) is 16.9 Å². The van der Waals surface area contributed by atoms with Crippen LogP contribution in [0.4, 0.5) is 5.82 Å². The molecule has 11 heteroatoms. The smallest absolute Gasteiger partial charge is 0.251 e. The third-order valence-corrected chi connectivity index (χ3v) is 8.20. The van der Waals surface area contributed by atoms with Crippen LogP contribution in [0.5, 0.6) is 0 Å². The van der Waals surface area contributed by atoms with Crippen LogP contribution in [0, 0.1) is 0 Å². The molecule has 180 valence electrons. The van der Waals surface area contributed by atoms with E-state index in [1.165, 1.54) is 0 Å². The molecule has 2 N–H and O–H groups in total. The molecule has 0 spiro atoms. The van der Waals surface area contributed by atoms with Gasteiger partial charge < -0.3 is 10.6 Å². The first-order valence-electron chi connectivity index (χ1n) is 10.9. The molecule has 35 heavy (non-hydrogen) atoms. The number of nitrogens with one attached hydrogen (secondary N) is 2. The molecule has 1 unspecified atom stereocenters. The zero-order valence-corrected chi connectivity index (χ0v) is 20.7. The number of hydrogen-bond donors (Lipinski definition) is 2. The van der Waals surface area contributed by atoms with Crippen molar-refractivity contribution in [1.82, 2.24) is 19.9 Å². The van der Waals surface area contributed by atoms with Crippen molar-refractivity contribution in [3.05, 3.63) is 82.0 Å². The lowest BCUT2D eigenvalue weighted by Gasteiger charge is -2.13. The second kappa shape index (κ2) is 9.49. The Morgan fingerprint density at radius 3 is 2.60 bits per heavy atom. The third kappa shape index (κ3) is 5.27. The molecule has 1 amide bonds.